The molecule has 0 amide bonds. The molecule has 0 saturated carbocycles. The molecule has 4 nitrogen and oxygen atoms in total. The Balaban J connectivity index is 0.000000347. The lowest BCUT2D eigenvalue weighted by Crippen LogP contribution is -2.01. The summed E-state index contributed by atoms with van der Waals surface area (Å²) in [5.41, 5.74) is 4.25. The molecule has 0 bridgehead atoms. The summed E-state index contributed by atoms with van der Waals surface area (Å²) in [6, 6.07) is 7.10. The largest absolute Gasteiger partial charge is 0.381 e. The Morgan fingerprint density at radius 1 is 1.17 bits per heavy atom. The van der Waals surface area contributed by atoms with Crippen molar-refractivity contribution in [3.63, 3.8) is 0 Å². The van der Waals surface area contributed by atoms with Gasteiger partial charge in [-0.05, 0) is 74.2 Å². The van der Waals surface area contributed by atoms with E-state index in [2.05, 4.69) is 27.1 Å². The highest BCUT2D eigenvalue weighted by molar-refractivity contribution is 5.87. The van der Waals surface area contributed by atoms with Crippen LogP contribution in [0.3, 0.4) is 0 Å². The first-order valence-electron chi connectivity index (χ1n) is 12.1. The predicted molar refractivity (Wildman–Crippen MR) is 146 cm³/mol. The number of allylic oxidation sites excluding steroid dienone is 5. The fraction of sp³-hybridized carbons (Fsp3) is 0.310. The molecule has 3 aromatic rings. The van der Waals surface area contributed by atoms with Gasteiger partial charge in [-0.2, -0.15) is 5.10 Å². The number of aromatic nitrogens is 3. The number of hydrogen-bond acceptors (Lipinski definition) is 3. The highest BCUT2D eigenvalue weighted by atomic mass is 19.1. The third-order valence-corrected chi connectivity index (χ3v) is 4.74. The normalized spacial score (nSPS) is 14.1. The molecule has 4 rings (SSSR count). The van der Waals surface area contributed by atoms with Gasteiger partial charge in [0.1, 0.15) is 11.6 Å². The minimum absolute atomic E-state index is 0.169. The van der Waals surface area contributed by atoms with Crippen LogP contribution in [0.15, 0.2) is 78.9 Å². The van der Waals surface area contributed by atoms with Crippen molar-refractivity contribution in [3.8, 4) is 0 Å². The van der Waals surface area contributed by atoms with Gasteiger partial charge in [0.05, 0.1) is 11.2 Å². The summed E-state index contributed by atoms with van der Waals surface area (Å²) in [5, 5.41) is 11.1. The van der Waals surface area contributed by atoms with Crippen molar-refractivity contribution >= 4 is 22.7 Å². The fourth-order valence-electron chi connectivity index (χ4n) is 2.98. The lowest BCUT2D eigenvalue weighted by Gasteiger charge is -2.07. The number of aromatic amines is 1. The van der Waals surface area contributed by atoms with Crippen LogP contribution in [-0.4, -0.2) is 21.7 Å². The van der Waals surface area contributed by atoms with Crippen LogP contribution in [0.2, 0.25) is 0 Å². The van der Waals surface area contributed by atoms with Gasteiger partial charge in [0.25, 0.3) is 0 Å². The Morgan fingerprint density at radius 2 is 1.86 bits per heavy atom. The van der Waals surface area contributed by atoms with E-state index < -0.39 is 0 Å². The zero-order chi connectivity index (χ0) is 26.2. The summed E-state index contributed by atoms with van der Waals surface area (Å²) in [5.74, 6) is -0.263. The molecule has 2 aromatic heterocycles. The SMILES string of the molecule is C=C(C)CNc1ccncc1.CC.CC.Cc1cc2c(/C=C/C3C=CC(F)=CC3)n[nH]c2cc1F. The fourth-order valence-corrected chi connectivity index (χ4v) is 2.98. The van der Waals surface area contributed by atoms with Crippen molar-refractivity contribution in [1.29, 1.82) is 0 Å². The summed E-state index contributed by atoms with van der Waals surface area (Å²) in [4.78, 5) is 3.91. The number of hydrogen-bond donors (Lipinski definition) is 2. The highest BCUT2D eigenvalue weighted by Gasteiger charge is 2.08. The Hall–Kier alpha value is -3.54. The summed E-state index contributed by atoms with van der Waals surface area (Å²) < 4.78 is 26.3. The number of benzene rings is 1. The van der Waals surface area contributed by atoms with Crippen LogP contribution in [0, 0.1) is 18.7 Å². The second kappa shape index (κ2) is 16.1. The number of nitrogens with zero attached hydrogens (tertiary/aromatic N) is 2. The molecule has 1 aliphatic rings. The molecular weight excluding hydrogens is 442 g/mol. The van der Waals surface area contributed by atoms with Gasteiger partial charge in [-0.3, -0.25) is 10.1 Å². The topological polar surface area (TPSA) is 53.6 Å². The van der Waals surface area contributed by atoms with Crippen LogP contribution in [-0.2, 0) is 0 Å². The molecule has 1 aromatic carbocycles. The lowest BCUT2D eigenvalue weighted by molar-refractivity contribution is 0.620. The smallest absolute Gasteiger partial charge is 0.128 e. The average Bonchev–Trinajstić information content (AvgIpc) is 3.27. The van der Waals surface area contributed by atoms with Crippen LogP contribution in [0.4, 0.5) is 14.5 Å². The van der Waals surface area contributed by atoms with Crippen molar-refractivity contribution in [2.75, 3.05) is 11.9 Å². The first-order chi connectivity index (χ1) is 16.9. The molecule has 0 aliphatic heterocycles. The molecule has 1 unspecified atom stereocenters. The van der Waals surface area contributed by atoms with Crippen molar-refractivity contribution in [3.05, 3.63) is 96.0 Å². The first-order valence-corrected chi connectivity index (χ1v) is 12.1. The van der Waals surface area contributed by atoms with Crippen molar-refractivity contribution in [2.24, 2.45) is 5.92 Å². The predicted octanol–water partition coefficient (Wildman–Crippen LogP) is 8.58. The number of rotatable bonds is 5. The second-order valence-electron chi connectivity index (χ2n) is 7.51. The standard InChI is InChI=1S/C16H14F2N2.C9H12N2.2C2H6/c1-10-8-13-15(19-20-16(13)9-14(10)18)7-4-11-2-5-12(17)6-3-11;1-8(2)7-11-9-3-5-10-6-4-9;2*1-2/h2,4-9,11H,3H2,1H3,(H,19,20);3-6H,1,7H2,2H3,(H,10,11);2*1-2H3/b7-4+;;;. The average molecular weight is 481 g/mol. The van der Waals surface area contributed by atoms with Crippen LogP contribution >= 0.6 is 0 Å². The summed E-state index contributed by atoms with van der Waals surface area (Å²) in [6.07, 6.45) is 12.9. The zero-order valence-corrected chi connectivity index (χ0v) is 21.7. The molecule has 0 saturated heterocycles. The summed E-state index contributed by atoms with van der Waals surface area (Å²) >= 11 is 0. The number of nitrogens with one attached hydrogen (secondary N) is 2. The van der Waals surface area contributed by atoms with E-state index >= 15 is 0 Å². The van der Waals surface area contributed by atoms with Gasteiger partial charge in [-0.15, -0.1) is 0 Å². The molecule has 0 spiro atoms. The van der Waals surface area contributed by atoms with E-state index in [9.17, 15) is 8.78 Å². The number of anilines is 1. The van der Waals surface area contributed by atoms with Gasteiger partial charge in [0.15, 0.2) is 0 Å². The maximum atomic E-state index is 13.5. The van der Waals surface area contributed by atoms with E-state index in [1.807, 2.05) is 65.0 Å². The first kappa shape index (κ1) is 29.5. The molecule has 2 N–H and O–H groups in total. The Labute approximate surface area is 208 Å². The third-order valence-electron chi connectivity index (χ3n) is 4.74. The number of halogens is 2. The van der Waals surface area contributed by atoms with E-state index in [0.717, 1.165) is 28.9 Å². The zero-order valence-electron chi connectivity index (χ0n) is 21.7. The van der Waals surface area contributed by atoms with Crippen LogP contribution in [0.25, 0.3) is 17.0 Å². The van der Waals surface area contributed by atoms with Gasteiger partial charge < -0.3 is 5.32 Å². The third kappa shape index (κ3) is 10.1. The molecular formula is C29H38F2N4. The monoisotopic (exact) mass is 480 g/mol. The number of H-pyrrole nitrogens is 1. The highest BCUT2D eigenvalue weighted by Crippen LogP contribution is 2.23. The molecule has 1 atom stereocenters. The van der Waals surface area contributed by atoms with Gasteiger partial charge in [-0.1, -0.05) is 52.0 Å². The Morgan fingerprint density at radius 3 is 2.46 bits per heavy atom. The summed E-state index contributed by atoms with van der Waals surface area (Å²) in [7, 11) is 0. The van der Waals surface area contributed by atoms with Crippen molar-refractivity contribution in [2.45, 2.75) is 48.0 Å². The maximum Gasteiger partial charge on any atom is 0.128 e. The molecule has 0 radical (unpaired) electrons. The Kier molecular flexibility index (Phi) is 13.6. The molecule has 6 heteroatoms. The number of pyridine rings is 1. The van der Waals surface area contributed by atoms with Gasteiger partial charge in [0, 0.05) is 30.0 Å². The molecule has 2 heterocycles. The van der Waals surface area contributed by atoms with Crippen LogP contribution < -0.4 is 5.32 Å². The molecule has 35 heavy (non-hydrogen) atoms. The maximum absolute atomic E-state index is 13.5. The van der Waals surface area contributed by atoms with E-state index in [1.165, 1.54) is 12.1 Å². The quantitative estimate of drug-likeness (QED) is 0.360. The van der Waals surface area contributed by atoms with E-state index in [1.54, 1.807) is 31.5 Å². The van der Waals surface area contributed by atoms with Crippen LogP contribution in [0.5, 0.6) is 0 Å². The van der Waals surface area contributed by atoms with E-state index in [0.29, 0.717) is 17.5 Å². The Bertz CT molecular complexity index is 1130. The van der Waals surface area contributed by atoms with Crippen molar-refractivity contribution < 1.29 is 8.78 Å². The minimum Gasteiger partial charge on any atom is -0.381 e. The van der Waals surface area contributed by atoms with Gasteiger partial charge in [-0.25, -0.2) is 8.78 Å². The molecule has 0 fully saturated rings. The lowest BCUT2D eigenvalue weighted by atomic mass is 9.99. The van der Waals surface area contributed by atoms with Gasteiger partial charge >= 0.3 is 0 Å². The van der Waals surface area contributed by atoms with E-state index in [4.69, 9.17) is 0 Å². The number of aryl methyl sites for hydroxylation is 1. The molecule has 188 valence electrons. The van der Waals surface area contributed by atoms with Crippen molar-refractivity contribution in [1.82, 2.24) is 15.2 Å². The number of fused-ring (bicyclic) bond motifs is 1. The van der Waals surface area contributed by atoms with E-state index in [-0.39, 0.29) is 17.6 Å². The molecule has 1 aliphatic carbocycles. The minimum atomic E-state index is -0.243. The second-order valence-corrected chi connectivity index (χ2v) is 7.51. The summed E-state index contributed by atoms with van der Waals surface area (Å²) in [6.45, 7) is 16.3. The van der Waals surface area contributed by atoms with Gasteiger partial charge in [0.2, 0.25) is 0 Å². The van der Waals surface area contributed by atoms with Crippen LogP contribution in [0.1, 0.15) is 52.3 Å².